The molecule has 5 nitrogen and oxygen atoms in total. The molecule has 0 N–H and O–H groups in total. The molecular weight excluding hydrogens is 192 g/mol. The number of hydrogen-bond donors (Lipinski definition) is 0. The van der Waals surface area contributed by atoms with Crippen LogP contribution in [0.25, 0.3) is 0 Å². The summed E-state index contributed by atoms with van der Waals surface area (Å²) in [6, 6.07) is 0.816. The molecule has 1 radical (unpaired) electrons. The molecule has 0 spiro atoms. The molecule has 0 unspecified atom stereocenters. The second-order valence-electron chi connectivity index (χ2n) is 2.14. The molecule has 6 heteroatoms. The van der Waals surface area contributed by atoms with Crippen LogP contribution in [0.3, 0.4) is 0 Å². The van der Waals surface area contributed by atoms with Gasteiger partial charge in [0, 0.05) is 34.3 Å². The lowest BCUT2D eigenvalue weighted by Gasteiger charge is -2.22. The van der Waals surface area contributed by atoms with Crippen molar-refractivity contribution >= 4 is 14.8 Å². The van der Waals surface area contributed by atoms with Gasteiger partial charge in [0.2, 0.25) is 0 Å². The molecule has 0 aromatic rings. The van der Waals surface area contributed by atoms with E-state index in [1.165, 1.54) is 0 Å². The van der Waals surface area contributed by atoms with Gasteiger partial charge in [0.25, 0.3) is 0 Å². The molecule has 0 heterocycles. The summed E-state index contributed by atoms with van der Waals surface area (Å²) in [5.74, 6) is -1.08. The van der Waals surface area contributed by atoms with Crippen LogP contribution < -0.4 is 0 Å². The molecule has 0 atom stereocenters. The SMILES string of the molecule is CC([O])=O.CC[Si](OC)(OC)OC. The lowest BCUT2D eigenvalue weighted by Crippen LogP contribution is -2.41. The van der Waals surface area contributed by atoms with Gasteiger partial charge < -0.3 is 13.3 Å². The first kappa shape index (κ1) is 15.1. The first-order valence-corrected chi connectivity index (χ1v) is 5.74. The predicted molar refractivity (Wildman–Crippen MR) is 48.6 cm³/mol. The highest BCUT2D eigenvalue weighted by Gasteiger charge is 2.34. The van der Waals surface area contributed by atoms with Crippen molar-refractivity contribution in [1.29, 1.82) is 0 Å². The Bertz CT molecular complexity index is 113. The van der Waals surface area contributed by atoms with E-state index in [0.29, 0.717) is 0 Å². The van der Waals surface area contributed by atoms with Crippen LogP contribution in [-0.2, 0) is 23.2 Å². The zero-order valence-corrected chi connectivity index (χ0v) is 9.75. The van der Waals surface area contributed by atoms with Crippen LogP contribution in [0.15, 0.2) is 0 Å². The second-order valence-corrected chi connectivity index (χ2v) is 5.44. The quantitative estimate of drug-likeness (QED) is 0.644. The van der Waals surface area contributed by atoms with Crippen molar-refractivity contribution in [2.75, 3.05) is 21.3 Å². The molecular formula is C7H17O5Si. The van der Waals surface area contributed by atoms with E-state index >= 15 is 0 Å². The van der Waals surface area contributed by atoms with E-state index in [2.05, 4.69) is 0 Å². The van der Waals surface area contributed by atoms with E-state index in [-0.39, 0.29) is 0 Å². The molecule has 0 bridgehead atoms. The van der Waals surface area contributed by atoms with Crippen LogP contribution in [-0.4, -0.2) is 36.1 Å². The highest BCUT2D eigenvalue weighted by atomic mass is 28.4. The first-order chi connectivity index (χ1) is 5.97. The van der Waals surface area contributed by atoms with Gasteiger partial charge in [-0.05, 0) is 0 Å². The molecule has 0 aromatic heterocycles. The fraction of sp³-hybridized carbons (Fsp3) is 0.857. The smallest absolute Gasteiger partial charge is 0.377 e. The van der Waals surface area contributed by atoms with Gasteiger partial charge in [-0.3, -0.25) is 0 Å². The van der Waals surface area contributed by atoms with Gasteiger partial charge in [0.15, 0.2) is 0 Å². The van der Waals surface area contributed by atoms with E-state index in [1.807, 2.05) is 6.92 Å². The predicted octanol–water partition coefficient (Wildman–Crippen LogP) is 0.848. The maximum absolute atomic E-state index is 8.89. The molecule has 0 saturated carbocycles. The Balaban J connectivity index is 0. The van der Waals surface area contributed by atoms with E-state index in [0.717, 1.165) is 13.0 Å². The highest BCUT2D eigenvalue weighted by molar-refractivity contribution is 6.60. The van der Waals surface area contributed by atoms with Crippen LogP contribution in [0.5, 0.6) is 0 Å². The third-order valence-electron chi connectivity index (χ3n) is 1.37. The molecule has 0 amide bonds. The normalized spacial score (nSPS) is 10.2. The van der Waals surface area contributed by atoms with E-state index in [1.54, 1.807) is 21.3 Å². The van der Waals surface area contributed by atoms with Gasteiger partial charge in [-0.15, -0.1) is 0 Å². The number of hydrogen-bond acceptors (Lipinski definition) is 4. The van der Waals surface area contributed by atoms with E-state index in [4.69, 9.17) is 23.2 Å². The van der Waals surface area contributed by atoms with Gasteiger partial charge in [-0.2, -0.15) is 0 Å². The standard InChI is InChI=1S/C5H14O3Si.C2H3O2/c1-5-9(6-2,7-3)8-4;1-2(3)4/h5H2,1-4H3;1H3. The Morgan fingerprint density at radius 2 is 1.38 bits per heavy atom. The maximum Gasteiger partial charge on any atom is 0.499 e. The Kier molecular flexibility index (Phi) is 9.47. The average Bonchev–Trinajstić information content (AvgIpc) is 2.09. The van der Waals surface area contributed by atoms with Gasteiger partial charge in [-0.25, -0.2) is 9.90 Å². The van der Waals surface area contributed by atoms with Crippen molar-refractivity contribution in [2.24, 2.45) is 0 Å². The summed E-state index contributed by atoms with van der Waals surface area (Å²) in [7, 11) is 2.65. The minimum atomic E-state index is -2.19. The molecule has 0 aliphatic carbocycles. The van der Waals surface area contributed by atoms with Crippen molar-refractivity contribution in [2.45, 2.75) is 19.9 Å². The number of rotatable bonds is 4. The highest BCUT2D eigenvalue weighted by Crippen LogP contribution is 2.10. The third kappa shape index (κ3) is 7.91. The fourth-order valence-corrected chi connectivity index (χ4v) is 2.05. The molecule has 0 saturated heterocycles. The Labute approximate surface area is 80.0 Å². The maximum atomic E-state index is 8.89. The van der Waals surface area contributed by atoms with Crippen LogP contribution in [0.4, 0.5) is 0 Å². The number of carbonyl (C=O) groups excluding carboxylic acids is 1. The fourth-order valence-electron chi connectivity index (χ4n) is 0.683. The van der Waals surface area contributed by atoms with Crippen molar-refractivity contribution in [3.63, 3.8) is 0 Å². The van der Waals surface area contributed by atoms with Crippen LogP contribution in [0.2, 0.25) is 6.04 Å². The molecule has 0 fully saturated rings. The summed E-state index contributed by atoms with van der Waals surface area (Å²) in [5.41, 5.74) is 0. The van der Waals surface area contributed by atoms with Crippen LogP contribution in [0, 0.1) is 0 Å². The zero-order chi connectivity index (χ0) is 10.9. The van der Waals surface area contributed by atoms with Gasteiger partial charge >= 0.3 is 14.8 Å². The summed E-state index contributed by atoms with van der Waals surface area (Å²) in [6.07, 6.45) is 0. The molecule has 0 aromatic carbocycles. The monoisotopic (exact) mass is 209 g/mol. The lowest BCUT2D eigenvalue weighted by atomic mass is 10.9. The topological polar surface area (TPSA) is 64.7 Å². The zero-order valence-electron chi connectivity index (χ0n) is 8.75. The average molecular weight is 209 g/mol. The first-order valence-electron chi connectivity index (χ1n) is 3.81. The summed E-state index contributed by atoms with van der Waals surface area (Å²) in [4.78, 5) is 8.89. The van der Waals surface area contributed by atoms with E-state index < -0.39 is 14.8 Å². The van der Waals surface area contributed by atoms with E-state index in [9.17, 15) is 0 Å². The lowest BCUT2D eigenvalue weighted by molar-refractivity contribution is -0.140. The summed E-state index contributed by atoms with van der Waals surface area (Å²) >= 11 is 0. The Hall–Kier alpha value is -0.433. The van der Waals surface area contributed by atoms with Crippen LogP contribution >= 0.6 is 0 Å². The molecule has 13 heavy (non-hydrogen) atoms. The van der Waals surface area contributed by atoms with Gasteiger partial charge in [0.1, 0.15) is 0 Å². The number of carbonyl (C=O) groups is 1. The van der Waals surface area contributed by atoms with Gasteiger partial charge in [0.05, 0.1) is 0 Å². The molecule has 0 aliphatic heterocycles. The third-order valence-corrected chi connectivity index (χ3v) is 4.10. The second kappa shape index (κ2) is 8.18. The molecule has 0 aliphatic rings. The molecule has 0 rings (SSSR count). The summed E-state index contributed by atoms with van der Waals surface area (Å²) in [5, 5.41) is 8.89. The summed E-state index contributed by atoms with van der Waals surface area (Å²) < 4.78 is 15.2. The van der Waals surface area contributed by atoms with Crippen molar-refractivity contribution < 1.29 is 23.2 Å². The molecule has 79 valence electrons. The Morgan fingerprint density at radius 1 is 1.15 bits per heavy atom. The van der Waals surface area contributed by atoms with Crippen LogP contribution in [0.1, 0.15) is 13.8 Å². The van der Waals surface area contributed by atoms with Crippen molar-refractivity contribution in [3.05, 3.63) is 0 Å². The van der Waals surface area contributed by atoms with Crippen molar-refractivity contribution in [3.8, 4) is 0 Å². The minimum Gasteiger partial charge on any atom is -0.377 e. The minimum absolute atomic E-state index is 0.816. The summed E-state index contributed by atoms with van der Waals surface area (Å²) in [6.45, 7) is 2.96. The van der Waals surface area contributed by atoms with Gasteiger partial charge in [-0.1, -0.05) is 6.92 Å². The van der Waals surface area contributed by atoms with Crippen molar-refractivity contribution in [1.82, 2.24) is 0 Å². The Morgan fingerprint density at radius 3 is 1.38 bits per heavy atom. The largest absolute Gasteiger partial charge is 0.499 e.